The Morgan fingerprint density at radius 2 is 2.00 bits per heavy atom. The van der Waals surface area contributed by atoms with E-state index in [9.17, 15) is 20.0 Å². The molecule has 108 valence electrons. The number of hydrogen-bond donors (Lipinski definition) is 1. The zero-order valence-corrected chi connectivity index (χ0v) is 11.6. The Morgan fingerprint density at radius 1 is 1.38 bits per heavy atom. The number of carbonyl (C=O) groups excluding carboxylic acids is 1. The van der Waals surface area contributed by atoms with E-state index in [0.29, 0.717) is 5.69 Å². The number of anilines is 1. The van der Waals surface area contributed by atoms with Crippen LogP contribution in [0.2, 0.25) is 5.15 Å². The third kappa shape index (κ3) is 3.09. The molecule has 7 nitrogen and oxygen atoms in total. The fourth-order valence-electron chi connectivity index (χ4n) is 1.66. The Labute approximate surface area is 124 Å². The molecule has 0 bridgehead atoms. The number of rotatable bonds is 3. The molecule has 0 radical (unpaired) electrons. The lowest BCUT2D eigenvalue weighted by Crippen LogP contribution is -2.26. The summed E-state index contributed by atoms with van der Waals surface area (Å²) in [6, 6.07) is 6.99. The number of carbonyl (C=O) groups is 1. The van der Waals surface area contributed by atoms with Gasteiger partial charge < -0.3 is 10.0 Å². The van der Waals surface area contributed by atoms with Crippen LogP contribution in [-0.2, 0) is 0 Å². The molecule has 0 saturated heterocycles. The molecule has 0 fully saturated rings. The highest BCUT2D eigenvalue weighted by atomic mass is 35.5. The number of nitrogens with zero attached hydrogens (tertiary/aromatic N) is 3. The normalized spacial score (nSPS) is 10.2. The molecule has 0 atom stereocenters. The Balaban J connectivity index is 2.37. The van der Waals surface area contributed by atoms with Crippen molar-refractivity contribution in [2.75, 3.05) is 11.9 Å². The van der Waals surface area contributed by atoms with Gasteiger partial charge in [-0.25, -0.2) is 4.98 Å². The number of benzene rings is 1. The molecule has 0 aliphatic rings. The van der Waals surface area contributed by atoms with Crippen molar-refractivity contribution in [3.63, 3.8) is 0 Å². The molecule has 1 aromatic heterocycles. The van der Waals surface area contributed by atoms with Crippen LogP contribution in [0.4, 0.5) is 11.4 Å². The first-order valence-corrected chi connectivity index (χ1v) is 6.15. The maximum absolute atomic E-state index is 12.3. The monoisotopic (exact) mass is 307 g/mol. The highest BCUT2D eigenvalue weighted by Gasteiger charge is 2.21. The van der Waals surface area contributed by atoms with E-state index in [1.165, 1.54) is 36.2 Å². The van der Waals surface area contributed by atoms with Crippen molar-refractivity contribution in [1.29, 1.82) is 0 Å². The van der Waals surface area contributed by atoms with Gasteiger partial charge in [-0.15, -0.1) is 0 Å². The smallest absolute Gasteiger partial charge is 0.288 e. The summed E-state index contributed by atoms with van der Waals surface area (Å²) in [7, 11) is 1.49. The molecule has 0 saturated carbocycles. The van der Waals surface area contributed by atoms with E-state index in [1.807, 2.05) is 0 Å². The lowest BCUT2D eigenvalue weighted by Gasteiger charge is -2.17. The maximum atomic E-state index is 12.3. The summed E-state index contributed by atoms with van der Waals surface area (Å²) in [5.74, 6) is -0.475. The van der Waals surface area contributed by atoms with Crippen molar-refractivity contribution in [2.45, 2.75) is 0 Å². The minimum atomic E-state index is -0.652. The molecule has 1 aromatic carbocycles. The van der Waals surface area contributed by atoms with E-state index in [2.05, 4.69) is 4.98 Å². The predicted octanol–water partition coefficient (Wildman–Crippen LogP) is 2.63. The highest BCUT2D eigenvalue weighted by Crippen LogP contribution is 2.24. The molecular weight excluding hydrogens is 298 g/mol. The second-order valence-corrected chi connectivity index (χ2v) is 4.53. The molecule has 0 aliphatic heterocycles. The SMILES string of the molecule is CN(C(=O)c1cc([N+](=O)[O-])cnc1Cl)c1ccc(O)cc1. The zero-order valence-electron chi connectivity index (χ0n) is 10.9. The summed E-state index contributed by atoms with van der Waals surface area (Å²) < 4.78 is 0. The maximum Gasteiger partial charge on any atom is 0.288 e. The van der Waals surface area contributed by atoms with Crippen molar-refractivity contribution < 1.29 is 14.8 Å². The first kappa shape index (κ1) is 14.7. The fourth-order valence-corrected chi connectivity index (χ4v) is 1.85. The second-order valence-electron chi connectivity index (χ2n) is 4.17. The van der Waals surface area contributed by atoms with Crippen LogP contribution in [-0.4, -0.2) is 28.0 Å². The molecule has 1 N–H and O–H groups in total. The molecule has 21 heavy (non-hydrogen) atoms. The molecule has 0 aliphatic carbocycles. The van der Waals surface area contributed by atoms with Crippen LogP contribution in [0.5, 0.6) is 5.75 Å². The van der Waals surface area contributed by atoms with Crippen molar-refractivity contribution in [2.24, 2.45) is 0 Å². The van der Waals surface area contributed by atoms with Gasteiger partial charge in [0.25, 0.3) is 11.6 Å². The number of aromatic nitrogens is 1. The van der Waals surface area contributed by atoms with E-state index < -0.39 is 10.8 Å². The number of pyridine rings is 1. The highest BCUT2D eigenvalue weighted by molar-refractivity contribution is 6.33. The first-order valence-electron chi connectivity index (χ1n) is 5.77. The van der Waals surface area contributed by atoms with Crippen molar-refractivity contribution >= 4 is 28.9 Å². The standard InChI is InChI=1S/C13H10ClN3O4/c1-16(8-2-4-10(18)5-3-8)13(19)11-6-9(17(20)21)7-15-12(11)14/h2-7,18H,1H3. The molecule has 0 spiro atoms. The van der Waals surface area contributed by atoms with Crippen LogP contribution in [0.1, 0.15) is 10.4 Å². The molecule has 1 amide bonds. The zero-order chi connectivity index (χ0) is 15.6. The van der Waals surface area contributed by atoms with E-state index in [-0.39, 0.29) is 22.2 Å². The molecule has 8 heteroatoms. The van der Waals surface area contributed by atoms with E-state index in [4.69, 9.17) is 11.6 Å². The largest absolute Gasteiger partial charge is 0.508 e. The van der Waals surface area contributed by atoms with Gasteiger partial charge in [0.05, 0.1) is 10.5 Å². The lowest BCUT2D eigenvalue weighted by atomic mass is 10.2. The number of phenols is 1. The number of halogens is 1. The van der Waals surface area contributed by atoms with Crippen LogP contribution in [0, 0.1) is 10.1 Å². The third-order valence-corrected chi connectivity index (χ3v) is 3.11. The van der Waals surface area contributed by atoms with Crippen molar-refractivity contribution in [3.8, 4) is 5.75 Å². The lowest BCUT2D eigenvalue weighted by molar-refractivity contribution is -0.385. The summed E-state index contributed by atoms with van der Waals surface area (Å²) >= 11 is 5.83. The minimum Gasteiger partial charge on any atom is -0.508 e. The Hall–Kier alpha value is -2.67. The van der Waals surface area contributed by atoms with Gasteiger partial charge in [0.15, 0.2) is 0 Å². The predicted molar refractivity (Wildman–Crippen MR) is 76.7 cm³/mol. The summed E-state index contributed by atoms with van der Waals surface area (Å²) in [5.41, 5.74) is 0.115. The van der Waals surface area contributed by atoms with Gasteiger partial charge in [-0.2, -0.15) is 0 Å². The average molecular weight is 308 g/mol. The summed E-state index contributed by atoms with van der Waals surface area (Å²) in [6.45, 7) is 0. The quantitative estimate of drug-likeness (QED) is 0.534. The van der Waals surface area contributed by atoms with Gasteiger partial charge in [0.2, 0.25) is 0 Å². The number of hydrogen-bond acceptors (Lipinski definition) is 5. The van der Waals surface area contributed by atoms with Crippen LogP contribution in [0.25, 0.3) is 0 Å². The van der Waals surface area contributed by atoms with E-state index in [0.717, 1.165) is 12.3 Å². The van der Waals surface area contributed by atoms with Gasteiger partial charge >= 0.3 is 0 Å². The van der Waals surface area contributed by atoms with E-state index in [1.54, 1.807) is 0 Å². The third-order valence-electron chi connectivity index (χ3n) is 2.81. The first-order chi connectivity index (χ1) is 9.90. The topological polar surface area (TPSA) is 96.6 Å². The molecule has 2 aromatic rings. The molecular formula is C13H10ClN3O4. The van der Waals surface area contributed by atoms with Crippen LogP contribution in [0.15, 0.2) is 36.5 Å². The number of nitro groups is 1. The van der Waals surface area contributed by atoms with Crippen molar-refractivity contribution in [3.05, 3.63) is 57.4 Å². The van der Waals surface area contributed by atoms with Crippen LogP contribution in [0.3, 0.4) is 0 Å². The average Bonchev–Trinajstić information content (AvgIpc) is 2.47. The van der Waals surface area contributed by atoms with Gasteiger partial charge in [-0.1, -0.05) is 11.6 Å². The fraction of sp³-hybridized carbons (Fsp3) is 0.0769. The van der Waals surface area contributed by atoms with E-state index >= 15 is 0 Å². The van der Waals surface area contributed by atoms with Gasteiger partial charge in [0.1, 0.15) is 17.1 Å². The summed E-state index contributed by atoms with van der Waals surface area (Å²) in [5, 5.41) is 19.8. The Morgan fingerprint density at radius 3 is 2.57 bits per heavy atom. The van der Waals surface area contributed by atoms with Gasteiger partial charge in [0, 0.05) is 18.8 Å². The van der Waals surface area contributed by atoms with Crippen molar-refractivity contribution in [1.82, 2.24) is 4.98 Å². The summed E-state index contributed by atoms with van der Waals surface area (Å²) in [4.78, 5) is 27.3. The molecule has 0 unspecified atom stereocenters. The van der Waals surface area contributed by atoms with Crippen LogP contribution >= 0.6 is 11.6 Å². The minimum absolute atomic E-state index is 0.0645. The van der Waals surface area contributed by atoms with Crippen LogP contribution < -0.4 is 4.90 Å². The number of amides is 1. The Bertz CT molecular complexity index is 703. The number of aromatic hydroxyl groups is 1. The van der Waals surface area contributed by atoms with Gasteiger partial charge in [-0.05, 0) is 24.3 Å². The second kappa shape index (κ2) is 5.76. The summed E-state index contributed by atoms with van der Waals surface area (Å²) in [6.07, 6.45) is 0.986. The number of phenolic OH excluding ortho intramolecular Hbond substituents is 1. The molecule has 1 heterocycles. The molecule has 2 rings (SSSR count). The Kier molecular flexibility index (Phi) is 4.04. The van der Waals surface area contributed by atoms with Gasteiger partial charge in [-0.3, -0.25) is 14.9 Å².